The number of nitrogens with one attached hydrogen (secondary N) is 1. The van der Waals surface area contributed by atoms with E-state index in [4.69, 9.17) is 10.2 Å². The molecule has 1 unspecified atom stereocenters. The number of halogens is 2. The van der Waals surface area contributed by atoms with Crippen LogP contribution < -0.4 is 11.1 Å². The summed E-state index contributed by atoms with van der Waals surface area (Å²) in [7, 11) is 1.95. The average Bonchev–Trinajstić information content (AvgIpc) is 3.29. The fourth-order valence-corrected chi connectivity index (χ4v) is 4.24. The van der Waals surface area contributed by atoms with Crippen molar-refractivity contribution in [1.82, 2.24) is 14.9 Å². The highest BCUT2D eigenvalue weighted by Crippen LogP contribution is 2.31. The molecule has 1 atom stereocenters. The maximum absolute atomic E-state index is 12.6. The lowest BCUT2D eigenvalue weighted by molar-refractivity contribution is 0.0903. The van der Waals surface area contributed by atoms with E-state index in [-0.39, 0.29) is 36.8 Å². The van der Waals surface area contributed by atoms with Crippen molar-refractivity contribution in [1.29, 1.82) is 0 Å². The van der Waals surface area contributed by atoms with E-state index in [0.717, 1.165) is 41.4 Å². The third-order valence-corrected chi connectivity index (χ3v) is 5.87. The highest BCUT2D eigenvalue weighted by Gasteiger charge is 2.23. The fraction of sp³-hybridized carbons (Fsp3) is 0.300. The largest absolute Gasteiger partial charge is 0.455 e. The second kappa shape index (κ2) is 10.1. The van der Waals surface area contributed by atoms with Crippen molar-refractivity contribution >= 4 is 48.2 Å². The predicted molar refractivity (Wildman–Crippen MR) is 120 cm³/mol. The van der Waals surface area contributed by atoms with Gasteiger partial charge in [0.1, 0.15) is 5.76 Å². The van der Waals surface area contributed by atoms with E-state index >= 15 is 0 Å². The first kappa shape index (κ1) is 23.2. The highest BCUT2D eigenvalue weighted by atomic mass is 35.5. The number of hydrogen-bond acceptors (Lipinski definition) is 5. The average molecular weight is 455 g/mol. The van der Waals surface area contributed by atoms with Gasteiger partial charge >= 0.3 is 0 Å². The van der Waals surface area contributed by atoms with Crippen LogP contribution in [-0.4, -0.2) is 15.5 Å². The number of nitrogen functional groups attached to an aromatic ring is 1. The summed E-state index contributed by atoms with van der Waals surface area (Å²) in [5, 5.41) is 4.02. The molecule has 3 N–H and O–H groups in total. The lowest BCUT2D eigenvalue weighted by Gasteiger charge is -2.26. The van der Waals surface area contributed by atoms with Crippen LogP contribution in [0.25, 0.3) is 0 Å². The van der Waals surface area contributed by atoms with E-state index in [1.54, 1.807) is 24.0 Å². The number of rotatable bonds is 5. The molecule has 0 aliphatic heterocycles. The number of aromatic nitrogens is 2. The Labute approximate surface area is 186 Å². The lowest BCUT2D eigenvalue weighted by Crippen LogP contribution is -2.30. The number of nitrogens with two attached hydrogens (primary N) is 1. The van der Waals surface area contributed by atoms with E-state index in [0.29, 0.717) is 11.5 Å². The van der Waals surface area contributed by atoms with Gasteiger partial charge in [0.2, 0.25) is 0 Å². The zero-order chi connectivity index (χ0) is 18.8. The van der Waals surface area contributed by atoms with Gasteiger partial charge in [-0.25, -0.2) is 4.98 Å². The van der Waals surface area contributed by atoms with E-state index in [1.807, 2.05) is 42.1 Å². The van der Waals surface area contributed by atoms with Crippen molar-refractivity contribution in [3.8, 4) is 0 Å². The molecule has 0 spiro atoms. The number of carbonyl (C=O) groups is 1. The van der Waals surface area contributed by atoms with E-state index in [2.05, 4.69) is 10.3 Å². The molecule has 6 nitrogen and oxygen atoms in total. The molecule has 1 aliphatic carbocycles. The topological polar surface area (TPSA) is 86.1 Å². The summed E-state index contributed by atoms with van der Waals surface area (Å²) < 4.78 is 7.70. The van der Waals surface area contributed by atoms with Crippen LogP contribution in [0.15, 0.2) is 52.3 Å². The van der Waals surface area contributed by atoms with Crippen LogP contribution in [0.4, 0.5) is 5.69 Å². The molecule has 0 bridgehead atoms. The lowest BCUT2D eigenvalue weighted by atomic mass is 9.87. The molecule has 29 heavy (non-hydrogen) atoms. The molecule has 9 heteroatoms. The molecular weight excluding hydrogens is 431 g/mol. The number of fused-ring (bicyclic) bond motifs is 1. The normalized spacial score (nSPS) is 15.0. The minimum Gasteiger partial charge on any atom is -0.455 e. The van der Waals surface area contributed by atoms with Crippen LogP contribution in [0, 0.1) is 0 Å². The second-order valence-corrected chi connectivity index (χ2v) is 7.69. The number of nitrogens with zero attached hydrogens (tertiary/aromatic N) is 2. The molecule has 2 aromatic heterocycles. The zero-order valence-corrected chi connectivity index (χ0v) is 18.4. The Bertz CT molecular complexity index is 973. The number of imidazole rings is 1. The first-order valence-electron chi connectivity index (χ1n) is 8.98. The van der Waals surface area contributed by atoms with Crippen LogP contribution in [0.3, 0.4) is 0 Å². The van der Waals surface area contributed by atoms with Crippen LogP contribution in [0.5, 0.6) is 0 Å². The third kappa shape index (κ3) is 5.29. The molecule has 1 amide bonds. The van der Waals surface area contributed by atoms with Crippen molar-refractivity contribution in [2.24, 2.45) is 7.05 Å². The van der Waals surface area contributed by atoms with Crippen LogP contribution in [0.2, 0.25) is 0 Å². The molecule has 0 fully saturated rings. The standard InChI is InChI=1S/C20H22N4O2S.2ClH/c1-24-10-9-22-20(24)27-12-15-6-8-18(26-15)19(25)23-17-4-2-3-13-11-14(21)5-7-16(13)17;;/h5-11,17H,2-4,12,21H2,1H3,(H,23,25);2*1H. The van der Waals surface area contributed by atoms with Crippen molar-refractivity contribution in [2.45, 2.75) is 36.2 Å². The number of amides is 1. The molecule has 0 saturated heterocycles. The highest BCUT2D eigenvalue weighted by molar-refractivity contribution is 7.98. The number of anilines is 1. The van der Waals surface area contributed by atoms with Gasteiger partial charge in [0.15, 0.2) is 10.9 Å². The Morgan fingerprint density at radius 3 is 2.93 bits per heavy atom. The maximum Gasteiger partial charge on any atom is 0.287 e. The number of furan rings is 1. The first-order valence-corrected chi connectivity index (χ1v) is 9.97. The quantitative estimate of drug-likeness (QED) is 0.436. The molecular formula is C20H24Cl2N4O2S. The smallest absolute Gasteiger partial charge is 0.287 e. The van der Waals surface area contributed by atoms with Gasteiger partial charge in [-0.2, -0.15) is 0 Å². The summed E-state index contributed by atoms with van der Waals surface area (Å²) in [6, 6.07) is 9.50. The summed E-state index contributed by atoms with van der Waals surface area (Å²) in [6.07, 6.45) is 6.62. The summed E-state index contributed by atoms with van der Waals surface area (Å²) >= 11 is 1.57. The number of benzene rings is 1. The summed E-state index contributed by atoms with van der Waals surface area (Å²) in [5.41, 5.74) is 9.02. The van der Waals surface area contributed by atoms with Gasteiger partial charge in [0, 0.05) is 25.1 Å². The first-order chi connectivity index (χ1) is 13.1. The monoisotopic (exact) mass is 454 g/mol. The number of hydrogen-bond donors (Lipinski definition) is 2. The molecule has 0 saturated carbocycles. The van der Waals surface area contributed by atoms with E-state index < -0.39 is 0 Å². The summed E-state index contributed by atoms with van der Waals surface area (Å²) in [5.74, 6) is 1.54. The minimum atomic E-state index is -0.182. The summed E-state index contributed by atoms with van der Waals surface area (Å²) in [4.78, 5) is 16.9. The van der Waals surface area contributed by atoms with E-state index in [1.165, 1.54) is 5.56 Å². The maximum atomic E-state index is 12.6. The molecule has 4 rings (SSSR count). The van der Waals surface area contributed by atoms with Crippen molar-refractivity contribution in [3.63, 3.8) is 0 Å². The zero-order valence-electron chi connectivity index (χ0n) is 16.0. The third-order valence-electron chi connectivity index (χ3n) is 4.79. The molecule has 1 aliphatic rings. The predicted octanol–water partition coefficient (Wildman–Crippen LogP) is 4.54. The van der Waals surface area contributed by atoms with Crippen molar-refractivity contribution in [2.75, 3.05) is 5.73 Å². The Hall–Kier alpha value is -2.09. The van der Waals surface area contributed by atoms with Crippen molar-refractivity contribution < 1.29 is 9.21 Å². The number of thioether (sulfide) groups is 1. The molecule has 156 valence electrons. The van der Waals surface area contributed by atoms with Crippen molar-refractivity contribution in [3.05, 3.63) is 65.4 Å². The molecule has 3 aromatic rings. The minimum absolute atomic E-state index is 0. The van der Waals surface area contributed by atoms with E-state index in [9.17, 15) is 4.79 Å². The van der Waals surface area contributed by atoms with Crippen LogP contribution >= 0.6 is 36.6 Å². The van der Waals surface area contributed by atoms with Gasteiger partial charge in [-0.1, -0.05) is 17.8 Å². The molecule has 1 aromatic carbocycles. The van der Waals surface area contributed by atoms with Crippen LogP contribution in [-0.2, 0) is 19.2 Å². The number of aryl methyl sites for hydroxylation is 2. The Morgan fingerprint density at radius 2 is 2.17 bits per heavy atom. The van der Waals surface area contributed by atoms with Crippen LogP contribution in [0.1, 0.15) is 46.3 Å². The van der Waals surface area contributed by atoms with Gasteiger partial charge in [-0.15, -0.1) is 24.8 Å². The number of carbonyl (C=O) groups excluding carboxylic acids is 1. The van der Waals surface area contributed by atoms with Gasteiger partial charge < -0.3 is 20.0 Å². The second-order valence-electron chi connectivity index (χ2n) is 6.75. The molecule has 0 radical (unpaired) electrons. The fourth-order valence-electron chi connectivity index (χ4n) is 3.42. The van der Waals surface area contributed by atoms with Gasteiger partial charge in [-0.3, -0.25) is 4.79 Å². The Morgan fingerprint density at radius 1 is 1.34 bits per heavy atom. The van der Waals surface area contributed by atoms with Gasteiger partial charge in [-0.05, 0) is 54.7 Å². The Balaban J connectivity index is 0.00000150. The summed E-state index contributed by atoms with van der Waals surface area (Å²) in [6.45, 7) is 0. The SMILES string of the molecule is Cl.Cl.Cn1ccnc1SCc1ccc(C(=O)NC2CCCc3cc(N)ccc32)o1. The Kier molecular flexibility index (Phi) is 8.07. The molecule has 2 heterocycles. The van der Waals surface area contributed by atoms with Gasteiger partial charge in [0.25, 0.3) is 5.91 Å². The van der Waals surface area contributed by atoms with Gasteiger partial charge in [0.05, 0.1) is 11.8 Å².